The minimum absolute atomic E-state index is 0.328. The Hall–Kier alpha value is -2.62. The van der Waals surface area contributed by atoms with E-state index < -0.39 is 0 Å². The summed E-state index contributed by atoms with van der Waals surface area (Å²) in [6.07, 6.45) is 0. The van der Waals surface area contributed by atoms with E-state index >= 15 is 0 Å². The largest absolute Gasteiger partial charge is 0.493 e. The number of methoxy groups -OCH3 is 1. The van der Waals surface area contributed by atoms with Gasteiger partial charge in [0, 0.05) is 11.1 Å². The van der Waals surface area contributed by atoms with Crippen LogP contribution in [0.25, 0.3) is 11.0 Å². The molecule has 2 aromatic carbocycles. The molecule has 4 nitrogen and oxygen atoms in total. The predicted octanol–water partition coefficient (Wildman–Crippen LogP) is 3.60. The number of fused-ring (bicyclic) bond motifs is 1. The lowest BCUT2D eigenvalue weighted by Gasteiger charge is -2.08. The molecule has 2 N–H and O–H groups in total. The zero-order valence-electron chi connectivity index (χ0n) is 11.1. The molecule has 0 atom stereocenters. The van der Waals surface area contributed by atoms with Gasteiger partial charge in [0.2, 0.25) is 0 Å². The molecular formula is C16H15NO3. The summed E-state index contributed by atoms with van der Waals surface area (Å²) in [5, 5.41) is 0.908. The highest BCUT2D eigenvalue weighted by atomic mass is 16.5. The summed E-state index contributed by atoms with van der Waals surface area (Å²) < 4.78 is 16.7. The molecule has 1 heterocycles. The van der Waals surface area contributed by atoms with Gasteiger partial charge < -0.3 is 19.6 Å². The fourth-order valence-electron chi connectivity index (χ4n) is 2.09. The first kappa shape index (κ1) is 12.4. The van der Waals surface area contributed by atoms with Gasteiger partial charge in [-0.15, -0.1) is 0 Å². The molecule has 4 heteroatoms. The van der Waals surface area contributed by atoms with Gasteiger partial charge in [0.05, 0.1) is 7.11 Å². The number of nitrogen functional groups attached to an aromatic ring is 1. The van der Waals surface area contributed by atoms with E-state index in [0.717, 1.165) is 16.7 Å². The van der Waals surface area contributed by atoms with E-state index in [1.807, 2.05) is 48.5 Å². The summed E-state index contributed by atoms with van der Waals surface area (Å²) in [5.41, 5.74) is 7.37. The van der Waals surface area contributed by atoms with E-state index in [9.17, 15) is 0 Å². The summed E-state index contributed by atoms with van der Waals surface area (Å²) in [5.74, 6) is 2.11. The fourth-order valence-corrected chi connectivity index (χ4v) is 2.09. The van der Waals surface area contributed by atoms with Gasteiger partial charge in [-0.05, 0) is 30.3 Å². The van der Waals surface area contributed by atoms with Gasteiger partial charge in [0.15, 0.2) is 11.5 Å². The van der Waals surface area contributed by atoms with Gasteiger partial charge in [-0.2, -0.15) is 0 Å². The third-order valence-electron chi connectivity index (χ3n) is 3.09. The molecule has 102 valence electrons. The third kappa shape index (κ3) is 2.28. The van der Waals surface area contributed by atoms with Gasteiger partial charge in [-0.1, -0.05) is 18.2 Å². The number of furan rings is 1. The maximum absolute atomic E-state index is 5.90. The number of nitrogens with two attached hydrogens (primary N) is 1. The first-order valence-electron chi connectivity index (χ1n) is 6.30. The van der Waals surface area contributed by atoms with Crippen molar-refractivity contribution in [2.24, 2.45) is 0 Å². The van der Waals surface area contributed by atoms with Crippen molar-refractivity contribution in [3.8, 4) is 11.5 Å². The minimum atomic E-state index is 0.328. The van der Waals surface area contributed by atoms with Crippen molar-refractivity contribution in [1.82, 2.24) is 0 Å². The molecule has 0 aliphatic heterocycles. The standard InChI is InChI=1S/C16H15NO3/c1-18-15-6-2-3-7-16(15)19-10-11-9-12-13(17)5-4-8-14(12)20-11/h2-9H,10,17H2,1H3. The minimum Gasteiger partial charge on any atom is -0.493 e. The number of benzene rings is 2. The molecule has 1 aromatic heterocycles. The van der Waals surface area contributed by atoms with Gasteiger partial charge >= 0.3 is 0 Å². The first-order chi connectivity index (χ1) is 9.78. The Morgan fingerprint density at radius 3 is 2.60 bits per heavy atom. The molecule has 0 aliphatic rings. The molecule has 0 unspecified atom stereocenters. The Bertz CT molecular complexity index is 733. The van der Waals surface area contributed by atoms with Crippen LogP contribution < -0.4 is 15.2 Å². The second kappa shape index (κ2) is 5.17. The van der Waals surface area contributed by atoms with Crippen molar-refractivity contribution < 1.29 is 13.9 Å². The van der Waals surface area contributed by atoms with Crippen LogP contribution in [0, 0.1) is 0 Å². The Morgan fingerprint density at radius 2 is 1.85 bits per heavy atom. The van der Waals surface area contributed by atoms with Gasteiger partial charge in [0.1, 0.15) is 18.0 Å². The normalized spacial score (nSPS) is 10.7. The highest BCUT2D eigenvalue weighted by Gasteiger charge is 2.08. The molecule has 0 saturated heterocycles. The van der Waals surface area contributed by atoms with Crippen LogP contribution in [0.3, 0.4) is 0 Å². The Kier molecular flexibility index (Phi) is 3.21. The lowest BCUT2D eigenvalue weighted by atomic mass is 10.2. The van der Waals surface area contributed by atoms with Crippen LogP contribution in [0.2, 0.25) is 0 Å². The number of hydrogen-bond donors (Lipinski definition) is 1. The average molecular weight is 269 g/mol. The summed E-state index contributed by atoms with van der Waals surface area (Å²) in [6, 6.07) is 15.0. The maximum Gasteiger partial charge on any atom is 0.161 e. The van der Waals surface area contributed by atoms with Gasteiger partial charge in [-0.25, -0.2) is 0 Å². The van der Waals surface area contributed by atoms with Crippen LogP contribution in [0.1, 0.15) is 5.76 Å². The Balaban J connectivity index is 1.82. The van der Waals surface area contributed by atoms with E-state index in [2.05, 4.69) is 0 Å². The summed E-state index contributed by atoms with van der Waals surface area (Å²) in [4.78, 5) is 0. The molecule has 0 fully saturated rings. The van der Waals surface area contributed by atoms with Crippen LogP contribution >= 0.6 is 0 Å². The highest BCUT2D eigenvalue weighted by Crippen LogP contribution is 2.29. The molecule has 0 spiro atoms. The van der Waals surface area contributed by atoms with Crippen molar-refractivity contribution in [3.05, 3.63) is 54.3 Å². The van der Waals surface area contributed by atoms with Crippen molar-refractivity contribution in [2.75, 3.05) is 12.8 Å². The van der Waals surface area contributed by atoms with E-state index in [-0.39, 0.29) is 0 Å². The SMILES string of the molecule is COc1ccccc1OCc1cc2c(N)cccc2o1. The number of anilines is 1. The zero-order chi connectivity index (χ0) is 13.9. The van der Waals surface area contributed by atoms with Crippen molar-refractivity contribution in [1.29, 1.82) is 0 Å². The highest BCUT2D eigenvalue weighted by molar-refractivity contribution is 5.89. The Labute approximate surface area is 116 Å². The van der Waals surface area contributed by atoms with Crippen molar-refractivity contribution >= 4 is 16.7 Å². The smallest absolute Gasteiger partial charge is 0.161 e. The first-order valence-corrected chi connectivity index (χ1v) is 6.30. The average Bonchev–Trinajstić information content (AvgIpc) is 2.90. The topological polar surface area (TPSA) is 57.6 Å². The molecule has 20 heavy (non-hydrogen) atoms. The molecule has 0 aliphatic carbocycles. The number of rotatable bonds is 4. The number of hydrogen-bond acceptors (Lipinski definition) is 4. The van der Waals surface area contributed by atoms with Crippen LogP contribution in [-0.4, -0.2) is 7.11 Å². The van der Waals surface area contributed by atoms with Crippen LogP contribution in [-0.2, 0) is 6.61 Å². The second-order valence-corrected chi connectivity index (χ2v) is 4.41. The Morgan fingerprint density at radius 1 is 1.05 bits per heavy atom. The van der Waals surface area contributed by atoms with Crippen molar-refractivity contribution in [3.63, 3.8) is 0 Å². The molecule has 0 bridgehead atoms. The quantitative estimate of drug-likeness (QED) is 0.735. The van der Waals surface area contributed by atoms with Crippen LogP contribution in [0.15, 0.2) is 52.9 Å². The van der Waals surface area contributed by atoms with E-state index in [0.29, 0.717) is 23.8 Å². The van der Waals surface area contributed by atoms with E-state index in [1.165, 1.54) is 0 Å². The maximum atomic E-state index is 5.90. The van der Waals surface area contributed by atoms with Gasteiger partial charge in [0.25, 0.3) is 0 Å². The predicted molar refractivity (Wildman–Crippen MR) is 78.0 cm³/mol. The number of ether oxygens (including phenoxy) is 2. The molecule has 0 amide bonds. The lowest BCUT2D eigenvalue weighted by Crippen LogP contribution is -1.96. The summed E-state index contributed by atoms with van der Waals surface area (Å²) >= 11 is 0. The van der Waals surface area contributed by atoms with Crippen LogP contribution in [0.4, 0.5) is 5.69 Å². The molecule has 3 rings (SSSR count). The molecule has 0 saturated carbocycles. The van der Waals surface area contributed by atoms with E-state index in [1.54, 1.807) is 7.11 Å². The molecule has 3 aromatic rings. The molecule has 0 radical (unpaired) electrons. The summed E-state index contributed by atoms with van der Waals surface area (Å²) in [7, 11) is 1.62. The van der Waals surface area contributed by atoms with Crippen molar-refractivity contribution in [2.45, 2.75) is 6.61 Å². The molecular weight excluding hydrogens is 254 g/mol. The monoisotopic (exact) mass is 269 g/mol. The zero-order valence-corrected chi connectivity index (χ0v) is 11.1. The fraction of sp³-hybridized carbons (Fsp3) is 0.125. The lowest BCUT2D eigenvalue weighted by molar-refractivity contribution is 0.259. The van der Waals surface area contributed by atoms with Crippen LogP contribution in [0.5, 0.6) is 11.5 Å². The van der Waals surface area contributed by atoms with E-state index in [4.69, 9.17) is 19.6 Å². The number of para-hydroxylation sites is 2. The van der Waals surface area contributed by atoms with Gasteiger partial charge in [-0.3, -0.25) is 0 Å². The third-order valence-corrected chi connectivity index (χ3v) is 3.09. The second-order valence-electron chi connectivity index (χ2n) is 4.41. The summed E-state index contributed by atoms with van der Waals surface area (Å²) in [6.45, 7) is 0.328.